The van der Waals surface area contributed by atoms with E-state index in [0.717, 1.165) is 18.4 Å². The highest BCUT2D eigenvalue weighted by Gasteiger charge is 2.34. The lowest BCUT2D eigenvalue weighted by Gasteiger charge is -2.22. The molecule has 5 heteroatoms. The van der Waals surface area contributed by atoms with Gasteiger partial charge in [-0.3, -0.25) is 9.59 Å². The van der Waals surface area contributed by atoms with Gasteiger partial charge in [-0.15, -0.1) is 0 Å². The number of halogens is 1. The molecule has 0 spiro atoms. The van der Waals surface area contributed by atoms with Crippen LogP contribution in [0, 0.1) is 5.82 Å². The molecule has 1 fully saturated rings. The maximum Gasteiger partial charge on any atom is 0.323 e. The van der Waals surface area contributed by atoms with Gasteiger partial charge in [-0.25, -0.2) is 4.39 Å². The Kier molecular flexibility index (Phi) is 4.37. The summed E-state index contributed by atoms with van der Waals surface area (Å²) in [5.41, 5.74) is 0.754. The summed E-state index contributed by atoms with van der Waals surface area (Å²) in [6.45, 7) is 1.60. The first-order chi connectivity index (χ1) is 9.47. The number of benzene rings is 1. The third-order valence-corrected chi connectivity index (χ3v) is 3.51. The summed E-state index contributed by atoms with van der Waals surface area (Å²) in [4.78, 5) is 24.4. The van der Waals surface area contributed by atoms with Gasteiger partial charge in [-0.2, -0.15) is 0 Å². The molecule has 1 atom stereocenters. The lowest BCUT2D eigenvalue weighted by molar-refractivity contribution is -0.145. The van der Waals surface area contributed by atoms with Gasteiger partial charge in [-0.1, -0.05) is 19.1 Å². The average Bonchev–Trinajstić information content (AvgIpc) is 3.19. The Hall–Kier alpha value is -1.91. The second-order valence-corrected chi connectivity index (χ2v) is 5.31. The van der Waals surface area contributed by atoms with Gasteiger partial charge >= 0.3 is 5.97 Å². The standard InChI is InChI=1S/C15H18FNO3/c1-10(11-3-2-4-12(16)8-11)7-14(18)17(9-15(19)20)13-5-6-13/h2-4,8,10,13H,5-7,9H2,1H3,(H,19,20). The molecular formula is C15H18FNO3. The number of hydrogen-bond donors (Lipinski definition) is 1. The number of hydrogen-bond acceptors (Lipinski definition) is 2. The van der Waals surface area contributed by atoms with Crippen LogP contribution in [0.2, 0.25) is 0 Å². The molecule has 0 saturated heterocycles. The summed E-state index contributed by atoms with van der Waals surface area (Å²) in [6.07, 6.45) is 1.94. The highest BCUT2D eigenvalue weighted by molar-refractivity contribution is 5.82. The van der Waals surface area contributed by atoms with E-state index >= 15 is 0 Å². The first-order valence-electron chi connectivity index (χ1n) is 6.74. The summed E-state index contributed by atoms with van der Waals surface area (Å²) < 4.78 is 13.2. The third kappa shape index (κ3) is 3.79. The molecule has 1 N–H and O–H groups in total. The fourth-order valence-corrected chi connectivity index (χ4v) is 2.26. The van der Waals surface area contributed by atoms with Crippen molar-refractivity contribution in [3.8, 4) is 0 Å². The minimum Gasteiger partial charge on any atom is -0.480 e. The molecule has 108 valence electrons. The van der Waals surface area contributed by atoms with Crippen molar-refractivity contribution < 1.29 is 19.1 Å². The molecule has 0 bridgehead atoms. The van der Waals surface area contributed by atoms with Crippen molar-refractivity contribution in [2.24, 2.45) is 0 Å². The van der Waals surface area contributed by atoms with Crippen LogP contribution in [0.5, 0.6) is 0 Å². The minimum absolute atomic E-state index is 0.0679. The van der Waals surface area contributed by atoms with Crippen LogP contribution in [-0.2, 0) is 9.59 Å². The third-order valence-electron chi connectivity index (χ3n) is 3.51. The normalized spacial score (nSPS) is 15.7. The van der Waals surface area contributed by atoms with E-state index in [1.807, 2.05) is 6.92 Å². The zero-order valence-electron chi connectivity index (χ0n) is 11.4. The molecule has 0 aromatic heterocycles. The number of nitrogens with zero attached hydrogens (tertiary/aromatic N) is 1. The Morgan fingerprint density at radius 1 is 1.45 bits per heavy atom. The molecule has 1 aromatic rings. The van der Waals surface area contributed by atoms with Crippen LogP contribution in [0.15, 0.2) is 24.3 Å². The Morgan fingerprint density at radius 2 is 2.15 bits per heavy atom. The monoisotopic (exact) mass is 279 g/mol. The van der Waals surface area contributed by atoms with Crippen molar-refractivity contribution in [2.45, 2.75) is 38.1 Å². The topological polar surface area (TPSA) is 57.6 Å². The molecular weight excluding hydrogens is 261 g/mol. The SMILES string of the molecule is CC(CC(=O)N(CC(=O)O)C1CC1)c1cccc(F)c1. The molecule has 1 unspecified atom stereocenters. The van der Waals surface area contributed by atoms with Crippen LogP contribution in [0.1, 0.15) is 37.7 Å². The maximum atomic E-state index is 13.2. The number of amides is 1. The molecule has 20 heavy (non-hydrogen) atoms. The zero-order valence-corrected chi connectivity index (χ0v) is 11.4. The molecule has 2 rings (SSSR count). The fourth-order valence-electron chi connectivity index (χ4n) is 2.26. The van der Waals surface area contributed by atoms with E-state index in [0.29, 0.717) is 0 Å². The maximum absolute atomic E-state index is 13.2. The van der Waals surface area contributed by atoms with E-state index in [2.05, 4.69) is 0 Å². The highest BCUT2D eigenvalue weighted by atomic mass is 19.1. The van der Waals surface area contributed by atoms with Crippen molar-refractivity contribution in [2.75, 3.05) is 6.54 Å². The quantitative estimate of drug-likeness (QED) is 0.870. The highest BCUT2D eigenvalue weighted by Crippen LogP contribution is 2.29. The second kappa shape index (κ2) is 6.03. The van der Waals surface area contributed by atoms with Crippen molar-refractivity contribution in [1.29, 1.82) is 0 Å². The summed E-state index contributed by atoms with van der Waals surface area (Å²) in [5.74, 6) is -1.63. The molecule has 0 aliphatic heterocycles. The molecule has 1 aromatic carbocycles. The van der Waals surface area contributed by atoms with E-state index in [1.54, 1.807) is 12.1 Å². The van der Waals surface area contributed by atoms with E-state index in [4.69, 9.17) is 5.11 Å². The second-order valence-electron chi connectivity index (χ2n) is 5.31. The number of carbonyl (C=O) groups excluding carboxylic acids is 1. The van der Waals surface area contributed by atoms with Gasteiger partial charge < -0.3 is 10.0 Å². The molecule has 0 radical (unpaired) electrons. The molecule has 4 nitrogen and oxygen atoms in total. The van der Waals surface area contributed by atoms with Crippen molar-refractivity contribution in [3.05, 3.63) is 35.6 Å². The molecule has 1 aliphatic carbocycles. The van der Waals surface area contributed by atoms with Crippen molar-refractivity contribution >= 4 is 11.9 Å². The number of rotatable bonds is 6. The molecule has 0 heterocycles. The number of carbonyl (C=O) groups is 2. The largest absolute Gasteiger partial charge is 0.480 e. The lowest BCUT2D eigenvalue weighted by Crippen LogP contribution is -2.37. The van der Waals surface area contributed by atoms with Gasteiger partial charge in [0.25, 0.3) is 0 Å². The summed E-state index contributed by atoms with van der Waals surface area (Å²) >= 11 is 0. The Bertz CT molecular complexity index is 514. The molecule has 1 saturated carbocycles. The van der Waals surface area contributed by atoms with Crippen LogP contribution < -0.4 is 0 Å². The molecule has 1 amide bonds. The minimum atomic E-state index is -0.997. The first kappa shape index (κ1) is 14.5. The average molecular weight is 279 g/mol. The Balaban J connectivity index is 2.00. The van der Waals surface area contributed by atoms with E-state index in [9.17, 15) is 14.0 Å². The van der Waals surface area contributed by atoms with Crippen molar-refractivity contribution in [1.82, 2.24) is 4.90 Å². The first-order valence-corrected chi connectivity index (χ1v) is 6.74. The van der Waals surface area contributed by atoms with Crippen LogP contribution in [0.4, 0.5) is 4.39 Å². The summed E-state index contributed by atoms with van der Waals surface area (Å²) in [5, 5.41) is 8.85. The van der Waals surface area contributed by atoms with Crippen LogP contribution >= 0.6 is 0 Å². The Morgan fingerprint density at radius 3 is 2.70 bits per heavy atom. The number of carboxylic acids is 1. The van der Waals surface area contributed by atoms with Gasteiger partial charge in [0, 0.05) is 12.5 Å². The number of aliphatic carboxylic acids is 1. The zero-order chi connectivity index (χ0) is 14.7. The van der Waals surface area contributed by atoms with Crippen LogP contribution in [0.3, 0.4) is 0 Å². The van der Waals surface area contributed by atoms with Crippen LogP contribution in [-0.4, -0.2) is 34.5 Å². The predicted octanol–water partition coefficient (Wildman–Crippen LogP) is 2.39. The lowest BCUT2D eigenvalue weighted by atomic mass is 9.97. The molecule has 1 aliphatic rings. The predicted molar refractivity (Wildman–Crippen MR) is 71.8 cm³/mol. The number of carboxylic acid groups (broad SMARTS) is 1. The van der Waals surface area contributed by atoms with E-state index in [-0.39, 0.29) is 36.6 Å². The van der Waals surface area contributed by atoms with E-state index in [1.165, 1.54) is 17.0 Å². The Labute approximate surface area is 117 Å². The summed E-state index contributed by atoms with van der Waals surface area (Å²) in [7, 11) is 0. The van der Waals surface area contributed by atoms with Gasteiger partial charge in [0.1, 0.15) is 12.4 Å². The van der Waals surface area contributed by atoms with Crippen LogP contribution in [0.25, 0.3) is 0 Å². The fraction of sp³-hybridized carbons (Fsp3) is 0.467. The van der Waals surface area contributed by atoms with E-state index < -0.39 is 5.97 Å². The van der Waals surface area contributed by atoms with Gasteiger partial charge in [0.05, 0.1) is 0 Å². The van der Waals surface area contributed by atoms with Gasteiger partial charge in [0.2, 0.25) is 5.91 Å². The van der Waals surface area contributed by atoms with Gasteiger partial charge in [0.15, 0.2) is 0 Å². The van der Waals surface area contributed by atoms with Gasteiger partial charge in [-0.05, 0) is 36.5 Å². The van der Waals surface area contributed by atoms with Crippen molar-refractivity contribution in [3.63, 3.8) is 0 Å². The summed E-state index contributed by atoms with van der Waals surface area (Å²) in [6, 6.07) is 6.23. The smallest absolute Gasteiger partial charge is 0.323 e.